The third-order valence-electron chi connectivity index (χ3n) is 2.90. The van der Waals surface area contributed by atoms with Crippen LogP contribution in [0.1, 0.15) is 24.9 Å². The van der Waals surface area contributed by atoms with Gasteiger partial charge < -0.3 is 5.32 Å². The molecule has 0 saturated heterocycles. The third kappa shape index (κ3) is 3.43. The van der Waals surface area contributed by atoms with Gasteiger partial charge in [0, 0.05) is 25.0 Å². The molecule has 2 rings (SSSR count). The van der Waals surface area contributed by atoms with Crippen LogP contribution in [0.3, 0.4) is 0 Å². The smallest absolute Gasteiger partial charge is 0.0534 e. The van der Waals surface area contributed by atoms with Crippen LogP contribution in [0.4, 0.5) is 0 Å². The second-order valence-electron chi connectivity index (χ2n) is 4.09. The van der Waals surface area contributed by atoms with Gasteiger partial charge >= 0.3 is 0 Å². The number of aromatic nitrogens is 2. The first-order valence-electron chi connectivity index (χ1n) is 6.16. The van der Waals surface area contributed by atoms with Gasteiger partial charge in [0.2, 0.25) is 0 Å². The molecule has 0 fully saturated rings. The summed E-state index contributed by atoms with van der Waals surface area (Å²) in [5.41, 5.74) is 1.36. The van der Waals surface area contributed by atoms with Crippen LogP contribution in [0.15, 0.2) is 48.8 Å². The van der Waals surface area contributed by atoms with Gasteiger partial charge in [-0.2, -0.15) is 5.10 Å². The maximum atomic E-state index is 4.19. The van der Waals surface area contributed by atoms with Gasteiger partial charge in [-0.25, -0.2) is 0 Å². The van der Waals surface area contributed by atoms with Gasteiger partial charge in [0.1, 0.15) is 0 Å². The minimum atomic E-state index is 0.437. The van der Waals surface area contributed by atoms with E-state index < -0.39 is 0 Å². The zero-order chi connectivity index (χ0) is 11.9. The SMILES string of the molecule is CC[C@H](NCCn1cccn1)c1ccccc1. The molecule has 90 valence electrons. The number of nitrogens with zero attached hydrogens (tertiary/aromatic N) is 2. The Labute approximate surface area is 102 Å². The van der Waals surface area contributed by atoms with Crippen molar-refractivity contribution < 1.29 is 0 Å². The number of nitrogens with one attached hydrogen (secondary N) is 1. The Hall–Kier alpha value is -1.61. The van der Waals surface area contributed by atoms with E-state index in [4.69, 9.17) is 0 Å². The molecule has 3 heteroatoms. The van der Waals surface area contributed by atoms with Gasteiger partial charge in [-0.15, -0.1) is 0 Å². The highest BCUT2D eigenvalue weighted by atomic mass is 15.3. The molecule has 0 bridgehead atoms. The fraction of sp³-hybridized carbons (Fsp3) is 0.357. The van der Waals surface area contributed by atoms with Crippen molar-refractivity contribution in [3.8, 4) is 0 Å². The largest absolute Gasteiger partial charge is 0.308 e. The molecule has 1 heterocycles. The van der Waals surface area contributed by atoms with Crippen molar-refractivity contribution in [1.29, 1.82) is 0 Å². The Morgan fingerprint density at radius 3 is 2.71 bits per heavy atom. The van der Waals surface area contributed by atoms with Crippen molar-refractivity contribution in [3.05, 3.63) is 54.4 Å². The average Bonchev–Trinajstić information content (AvgIpc) is 2.89. The molecule has 0 radical (unpaired) electrons. The van der Waals surface area contributed by atoms with E-state index in [2.05, 4.69) is 47.7 Å². The Morgan fingerprint density at radius 2 is 2.06 bits per heavy atom. The van der Waals surface area contributed by atoms with E-state index in [9.17, 15) is 0 Å². The minimum absolute atomic E-state index is 0.437. The number of benzene rings is 1. The topological polar surface area (TPSA) is 29.9 Å². The summed E-state index contributed by atoms with van der Waals surface area (Å²) in [7, 11) is 0. The average molecular weight is 229 g/mol. The molecule has 0 aliphatic carbocycles. The van der Waals surface area contributed by atoms with E-state index in [-0.39, 0.29) is 0 Å². The Bertz CT molecular complexity index is 408. The second kappa shape index (κ2) is 6.21. The molecule has 1 aromatic carbocycles. The molecule has 1 aromatic heterocycles. The zero-order valence-corrected chi connectivity index (χ0v) is 10.2. The highest BCUT2D eigenvalue weighted by Crippen LogP contribution is 2.15. The van der Waals surface area contributed by atoms with Crippen molar-refractivity contribution in [2.75, 3.05) is 6.54 Å². The van der Waals surface area contributed by atoms with Crippen molar-refractivity contribution in [3.63, 3.8) is 0 Å². The standard InChI is InChI=1S/C14H19N3/c1-2-14(13-7-4-3-5-8-13)15-10-12-17-11-6-9-16-17/h3-9,11,14-15H,2,10,12H2,1H3/t14-/m0/s1. The van der Waals surface area contributed by atoms with Crippen LogP contribution in [-0.4, -0.2) is 16.3 Å². The van der Waals surface area contributed by atoms with Crippen LogP contribution in [0.2, 0.25) is 0 Å². The Morgan fingerprint density at radius 1 is 1.24 bits per heavy atom. The van der Waals surface area contributed by atoms with Crippen LogP contribution < -0.4 is 5.32 Å². The molecule has 3 nitrogen and oxygen atoms in total. The predicted molar refractivity (Wildman–Crippen MR) is 69.7 cm³/mol. The number of hydrogen-bond acceptors (Lipinski definition) is 2. The molecule has 2 aromatic rings. The lowest BCUT2D eigenvalue weighted by Crippen LogP contribution is -2.25. The van der Waals surface area contributed by atoms with Crippen molar-refractivity contribution >= 4 is 0 Å². The molecular formula is C14H19N3. The highest BCUT2D eigenvalue weighted by Gasteiger charge is 2.06. The van der Waals surface area contributed by atoms with Gasteiger partial charge in [0.05, 0.1) is 6.54 Å². The Balaban J connectivity index is 1.84. The highest BCUT2D eigenvalue weighted by molar-refractivity contribution is 5.18. The van der Waals surface area contributed by atoms with Crippen molar-refractivity contribution in [2.24, 2.45) is 0 Å². The zero-order valence-electron chi connectivity index (χ0n) is 10.2. The fourth-order valence-electron chi connectivity index (χ4n) is 1.97. The molecule has 0 spiro atoms. The van der Waals surface area contributed by atoms with Gasteiger partial charge in [0.15, 0.2) is 0 Å². The third-order valence-corrected chi connectivity index (χ3v) is 2.90. The Kier molecular flexibility index (Phi) is 4.33. The molecule has 0 unspecified atom stereocenters. The summed E-state index contributed by atoms with van der Waals surface area (Å²) in [5.74, 6) is 0. The van der Waals surface area contributed by atoms with Gasteiger partial charge in [-0.05, 0) is 18.1 Å². The first kappa shape index (κ1) is 11.9. The van der Waals surface area contributed by atoms with Crippen LogP contribution in [0.25, 0.3) is 0 Å². The number of rotatable bonds is 6. The first-order chi connectivity index (χ1) is 8.40. The second-order valence-corrected chi connectivity index (χ2v) is 4.09. The van der Waals surface area contributed by atoms with E-state index in [0.717, 1.165) is 19.5 Å². The summed E-state index contributed by atoms with van der Waals surface area (Å²) >= 11 is 0. The van der Waals surface area contributed by atoms with Gasteiger partial charge in [-0.3, -0.25) is 4.68 Å². The van der Waals surface area contributed by atoms with Crippen LogP contribution >= 0.6 is 0 Å². The summed E-state index contributed by atoms with van der Waals surface area (Å²) in [5, 5.41) is 7.75. The first-order valence-corrected chi connectivity index (χ1v) is 6.16. The molecule has 1 atom stereocenters. The normalized spacial score (nSPS) is 12.5. The van der Waals surface area contributed by atoms with E-state index in [0.29, 0.717) is 6.04 Å². The minimum Gasteiger partial charge on any atom is -0.308 e. The molecule has 0 aliphatic rings. The molecule has 17 heavy (non-hydrogen) atoms. The quantitative estimate of drug-likeness (QED) is 0.825. The lowest BCUT2D eigenvalue weighted by atomic mass is 10.1. The van der Waals surface area contributed by atoms with E-state index in [1.54, 1.807) is 0 Å². The number of hydrogen-bond donors (Lipinski definition) is 1. The van der Waals surface area contributed by atoms with Crippen molar-refractivity contribution in [2.45, 2.75) is 25.9 Å². The van der Waals surface area contributed by atoms with Crippen LogP contribution in [-0.2, 0) is 6.54 Å². The summed E-state index contributed by atoms with van der Waals surface area (Å²) in [6.45, 7) is 4.06. The van der Waals surface area contributed by atoms with Crippen molar-refractivity contribution in [1.82, 2.24) is 15.1 Å². The van der Waals surface area contributed by atoms with E-state index in [1.807, 2.05) is 23.1 Å². The lowest BCUT2D eigenvalue weighted by molar-refractivity contribution is 0.477. The molecular weight excluding hydrogens is 210 g/mol. The summed E-state index contributed by atoms with van der Waals surface area (Å²) < 4.78 is 1.95. The van der Waals surface area contributed by atoms with E-state index in [1.165, 1.54) is 5.56 Å². The summed E-state index contributed by atoms with van der Waals surface area (Å²) in [4.78, 5) is 0. The summed E-state index contributed by atoms with van der Waals surface area (Å²) in [6.07, 6.45) is 4.91. The van der Waals surface area contributed by atoms with Crippen LogP contribution in [0.5, 0.6) is 0 Å². The van der Waals surface area contributed by atoms with Gasteiger partial charge in [0.25, 0.3) is 0 Å². The molecule has 0 saturated carbocycles. The van der Waals surface area contributed by atoms with Gasteiger partial charge in [-0.1, -0.05) is 37.3 Å². The maximum Gasteiger partial charge on any atom is 0.0534 e. The van der Waals surface area contributed by atoms with Crippen LogP contribution in [0, 0.1) is 0 Å². The predicted octanol–water partition coefficient (Wildman–Crippen LogP) is 2.62. The fourth-order valence-corrected chi connectivity index (χ4v) is 1.97. The molecule has 1 N–H and O–H groups in total. The molecule has 0 amide bonds. The van der Waals surface area contributed by atoms with E-state index >= 15 is 0 Å². The lowest BCUT2D eigenvalue weighted by Gasteiger charge is -2.17. The maximum absolute atomic E-state index is 4.19. The summed E-state index contributed by atoms with van der Waals surface area (Å²) in [6, 6.07) is 13.0. The monoisotopic (exact) mass is 229 g/mol. The molecule has 0 aliphatic heterocycles.